The van der Waals surface area contributed by atoms with Crippen LogP contribution in [0.4, 0.5) is 5.69 Å². The molecule has 6 nitrogen and oxygen atoms in total. The molecule has 1 aromatic carbocycles. The molecule has 2 rings (SSSR count). The molecular formula is C17H25N3O3. The average Bonchev–Trinajstić information content (AvgIpc) is 2.56. The minimum atomic E-state index is -1.12. The van der Waals surface area contributed by atoms with E-state index in [1.54, 1.807) is 26.0 Å². The van der Waals surface area contributed by atoms with Crippen LogP contribution in [0.5, 0.6) is 0 Å². The number of anilines is 1. The predicted molar refractivity (Wildman–Crippen MR) is 89.1 cm³/mol. The van der Waals surface area contributed by atoms with Crippen LogP contribution in [0.2, 0.25) is 0 Å². The lowest BCUT2D eigenvalue weighted by molar-refractivity contribution is -0.138. The molecule has 1 heterocycles. The summed E-state index contributed by atoms with van der Waals surface area (Å²) < 4.78 is 5.29. The Kier molecular flexibility index (Phi) is 6.12. The number of nitrogens with zero attached hydrogens (tertiary/aromatic N) is 1. The third-order valence-electron chi connectivity index (χ3n) is 3.98. The molecular weight excluding hydrogens is 294 g/mol. The van der Waals surface area contributed by atoms with Gasteiger partial charge in [-0.25, -0.2) is 0 Å². The van der Waals surface area contributed by atoms with E-state index in [2.05, 4.69) is 15.5 Å². The number of morpholine rings is 1. The van der Waals surface area contributed by atoms with Gasteiger partial charge in [0, 0.05) is 31.9 Å². The van der Waals surface area contributed by atoms with Crippen LogP contribution < -0.4 is 10.6 Å². The van der Waals surface area contributed by atoms with Crippen LogP contribution in [0.1, 0.15) is 13.8 Å². The molecule has 1 aromatic rings. The van der Waals surface area contributed by atoms with Crippen molar-refractivity contribution in [1.29, 1.82) is 0 Å². The summed E-state index contributed by atoms with van der Waals surface area (Å²) in [4.78, 5) is 26.9. The molecule has 0 saturated carbocycles. The summed E-state index contributed by atoms with van der Waals surface area (Å²) >= 11 is 0. The van der Waals surface area contributed by atoms with Crippen LogP contribution in [0.25, 0.3) is 0 Å². The summed E-state index contributed by atoms with van der Waals surface area (Å²) in [7, 11) is 0. The quantitative estimate of drug-likeness (QED) is 0.770. The van der Waals surface area contributed by atoms with Gasteiger partial charge >= 0.3 is 0 Å². The van der Waals surface area contributed by atoms with Crippen LogP contribution in [-0.4, -0.2) is 56.1 Å². The molecule has 2 amide bonds. The first-order valence-electron chi connectivity index (χ1n) is 7.95. The number of hydrogen-bond acceptors (Lipinski definition) is 4. The average molecular weight is 319 g/mol. The van der Waals surface area contributed by atoms with Crippen molar-refractivity contribution in [2.24, 2.45) is 5.41 Å². The summed E-state index contributed by atoms with van der Waals surface area (Å²) in [6.07, 6.45) is 0. The van der Waals surface area contributed by atoms with Gasteiger partial charge in [-0.3, -0.25) is 14.5 Å². The highest BCUT2D eigenvalue weighted by Gasteiger charge is 2.35. The first kappa shape index (κ1) is 17.4. The molecule has 6 heteroatoms. The Morgan fingerprint density at radius 3 is 2.43 bits per heavy atom. The predicted octanol–water partition coefficient (Wildman–Crippen LogP) is 1.10. The van der Waals surface area contributed by atoms with E-state index in [9.17, 15) is 9.59 Å². The maximum Gasteiger partial charge on any atom is 0.239 e. The van der Waals surface area contributed by atoms with Gasteiger partial charge in [-0.1, -0.05) is 18.2 Å². The van der Waals surface area contributed by atoms with Gasteiger partial charge in [-0.05, 0) is 26.0 Å². The largest absolute Gasteiger partial charge is 0.379 e. The zero-order chi connectivity index (χ0) is 16.7. The zero-order valence-electron chi connectivity index (χ0n) is 13.8. The van der Waals surface area contributed by atoms with Gasteiger partial charge in [-0.2, -0.15) is 0 Å². The van der Waals surface area contributed by atoms with Crippen molar-refractivity contribution in [2.45, 2.75) is 13.8 Å². The Balaban J connectivity index is 1.80. The van der Waals surface area contributed by atoms with E-state index in [1.165, 1.54) is 0 Å². The summed E-state index contributed by atoms with van der Waals surface area (Å²) in [5.74, 6) is -0.577. The van der Waals surface area contributed by atoms with Crippen LogP contribution >= 0.6 is 0 Å². The number of para-hydroxylation sites is 1. The van der Waals surface area contributed by atoms with Gasteiger partial charge in [0.2, 0.25) is 11.8 Å². The highest BCUT2D eigenvalue weighted by molar-refractivity contribution is 6.09. The van der Waals surface area contributed by atoms with Gasteiger partial charge in [0.15, 0.2) is 0 Å². The second-order valence-corrected chi connectivity index (χ2v) is 6.16. The zero-order valence-corrected chi connectivity index (χ0v) is 13.8. The normalized spacial score (nSPS) is 15.9. The van der Waals surface area contributed by atoms with Gasteiger partial charge in [0.25, 0.3) is 0 Å². The van der Waals surface area contributed by atoms with Crippen LogP contribution in [0.3, 0.4) is 0 Å². The van der Waals surface area contributed by atoms with E-state index in [-0.39, 0.29) is 11.8 Å². The van der Waals surface area contributed by atoms with Gasteiger partial charge in [-0.15, -0.1) is 0 Å². The minimum absolute atomic E-state index is 0.265. The Morgan fingerprint density at radius 1 is 1.13 bits per heavy atom. The van der Waals surface area contributed by atoms with Crippen LogP contribution in [0.15, 0.2) is 30.3 Å². The summed E-state index contributed by atoms with van der Waals surface area (Å²) in [5, 5.41) is 5.63. The summed E-state index contributed by atoms with van der Waals surface area (Å²) in [6, 6.07) is 9.14. The Hall–Kier alpha value is -1.92. The van der Waals surface area contributed by atoms with Crippen molar-refractivity contribution in [3.05, 3.63) is 30.3 Å². The van der Waals surface area contributed by atoms with E-state index in [0.717, 1.165) is 32.8 Å². The number of benzene rings is 1. The lowest BCUT2D eigenvalue weighted by Gasteiger charge is -2.27. The van der Waals surface area contributed by atoms with Gasteiger partial charge < -0.3 is 15.4 Å². The van der Waals surface area contributed by atoms with Crippen LogP contribution in [0, 0.1) is 5.41 Å². The number of carbonyl (C=O) groups excluding carboxylic acids is 2. The highest BCUT2D eigenvalue weighted by Crippen LogP contribution is 2.18. The van der Waals surface area contributed by atoms with E-state index in [4.69, 9.17) is 4.74 Å². The van der Waals surface area contributed by atoms with Gasteiger partial charge in [0.1, 0.15) is 5.41 Å². The molecule has 0 spiro atoms. The smallest absolute Gasteiger partial charge is 0.239 e. The lowest BCUT2D eigenvalue weighted by Crippen LogP contribution is -2.48. The van der Waals surface area contributed by atoms with Crippen molar-refractivity contribution >= 4 is 17.5 Å². The van der Waals surface area contributed by atoms with E-state index in [1.807, 2.05) is 18.2 Å². The fourth-order valence-corrected chi connectivity index (χ4v) is 2.29. The standard InChI is InChI=1S/C17H25N3O3/c1-17(2,16(22)19-14-6-4-3-5-7-14)15(21)18-8-9-20-10-12-23-13-11-20/h3-7H,8-13H2,1-2H3,(H,18,21)(H,19,22). The van der Waals surface area contributed by atoms with Gasteiger partial charge in [0.05, 0.1) is 13.2 Å². The summed E-state index contributed by atoms with van der Waals surface area (Å²) in [5.41, 5.74) is -0.437. The monoisotopic (exact) mass is 319 g/mol. The number of rotatable bonds is 6. The Morgan fingerprint density at radius 2 is 1.78 bits per heavy atom. The SMILES string of the molecule is CC(C)(C(=O)NCCN1CCOCC1)C(=O)Nc1ccccc1. The molecule has 0 radical (unpaired) electrons. The minimum Gasteiger partial charge on any atom is -0.379 e. The molecule has 23 heavy (non-hydrogen) atoms. The summed E-state index contributed by atoms with van der Waals surface area (Å²) in [6.45, 7) is 7.80. The molecule has 0 unspecified atom stereocenters. The molecule has 0 aliphatic carbocycles. The number of amides is 2. The van der Waals surface area contributed by atoms with Crippen LogP contribution in [-0.2, 0) is 14.3 Å². The fourth-order valence-electron chi connectivity index (χ4n) is 2.29. The third kappa shape index (κ3) is 5.04. The molecule has 1 fully saturated rings. The molecule has 0 atom stereocenters. The first-order chi connectivity index (χ1) is 11.0. The van der Waals surface area contributed by atoms with Crippen molar-refractivity contribution in [3.8, 4) is 0 Å². The van der Waals surface area contributed by atoms with Crippen molar-refractivity contribution in [2.75, 3.05) is 44.7 Å². The number of carbonyl (C=O) groups is 2. The number of hydrogen-bond donors (Lipinski definition) is 2. The molecule has 1 aliphatic rings. The first-order valence-corrected chi connectivity index (χ1v) is 7.95. The molecule has 126 valence electrons. The maximum absolute atomic E-state index is 12.3. The van der Waals surface area contributed by atoms with Crippen molar-refractivity contribution in [3.63, 3.8) is 0 Å². The molecule has 0 bridgehead atoms. The highest BCUT2D eigenvalue weighted by atomic mass is 16.5. The molecule has 1 saturated heterocycles. The topological polar surface area (TPSA) is 70.7 Å². The van der Waals surface area contributed by atoms with E-state index in [0.29, 0.717) is 12.2 Å². The fraction of sp³-hybridized carbons (Fsp3) is 0.529. The third-order valence-corrected chi connectivity index (χ3v) is 3.98. The number of nitrogens with one attached hydrogen (secondary N) is 2. The Labute approximate surface area is 137 Å². The second-order valence-electron chi connectivity index (χ2n) is 6.16. The second kappa shape index (κ2) is 8.08. The van der Waals surface area contributed by atoms with E-state index < -0.39 is 5.41 Å². The van der Waals surface area contributed by atoms with Crippen molar-refractivity contribution in [1.82, 2.24) is 10.2 Å². The van der Waals surface area contributed by atoms with E-state index >= 15 is 0 Å². The number of ether oxygens (including phenoxy) is 1. The Bertz CT molecular complexity index is 525. The maximum atomic E-state index is 12.3. The molecule has 2 N–H and O–H groups in total. The lowest BCUT2D eigenvalue weighted by atomic mass is 9.91. The molecule has 0 aromatic heterocycles. The van der Waals surface area contributed by atoms with Crippen molar-refractivity contribution < 1.29 is 14.3 Å². The molecule has 1 aliphatic heterocycles.